The Morgan fingerprint density at radius 1 is 1.32 bits per heavy atom. The average Bonchev–Trinajstić information content (AvgIpc) is 2.74. The molecule has 0 fully saturated rings. The van der Waals surface area contributed by atoms with E-state index in [-0.39, 0.29) is 0 Å². The molecule has 0 aliphatic rings. The number of hydrogen-bond acceptors (Lipinski definition) is 4. The number of imidazole rings is 1. The Balaban J connectivity index is 2.96. The van der Waals surface area contributed by atoms with Crippen LogP contribution in [0.15, 0.2) is 22.2 Å². The van der Waals surface area contributed by atoms with Crippen molar-refractivity contribution in [1.29, 1.82) is 0 Å². The summed E-state index contributed by atoms with van der Waals surface area (Å²) in [6.45, 7) is 6.30. The largest absolute Gasteiger partial charge is 0.465 e. The van der Waals surface area contributed by atoms with Gasteiger partial charge in [-0.1, -0.05) is 6.08 Å². The number of aryl methyl sites for hydroxylation is 1. The predicted molar refractivity (Wildman–Crippen MR) is 71.6 cm³/mol. The number of nitrogens with zero attached hydrogens (tertiary/aromatic N) is 4. The maximum atomic E-state index is 12.2. The van der Waals surface area contributed by atoms with Gasteiger partial charge >= 0.3 is 5.69 Å². The molecule has 0 atom stereocenters. The van der Waals surface area contributed by atoms with Crippen LogP contribution in [0, 0.1) is 0 Å². The molecule has 0 aliphatic heterocycles. The van der Waals surface area contributed by atoms with Crippen LogP contribution in [0.25, 0.3) is 11.2 Å². The third kappa shape index (κ3) is 1.87. The van der Waals surface area contributed by atoms with Crippen LogP contribution in [0.4, 0.5) is 0 Å². The van der Waals surface area contributed by atoms with Crippen molar-refractivity contribution in [2.45, 2.75) is 13.5 Å². The molecule has 0 radical (unpaired) electrons. The van der Waals surface area contributed by atoms with Crippen molar-refractivity contribution in [3.8, 4) is 6.01 Å². The van der Waals surface area contributed by atoms with E-state index in [1.807, 2.05) is 6.92 Å². The van der Waals surface area contributed by atoms with Crippen molar-refractivity contribution in [3.63, 3.8) is 0 Å². The lowest BCUT2D eigenvalue weighted by Gasteiger charge is -2.06. The van der Waals surface area contributed by atoms with Crippen molar-refractivity contribution >= 4 is 11.2 Å². The lowest BCUT2D eigenvalue weighted by Crippen LogP contribution is -2.37. The Hall–Kier alpha value is -2.31. The van der Waals surface area contributed by atoms with E-state index in [9.17, 15) is 9.59 Å². The van der Waals surface area contributed by atoms with Gasteiger partial charge in [0, 0.05) is 20.6 Å². The van der Waals surface area contributed by atoms with Crippen LogP contribution in [0.1, 0.15) is 6.92 Å². The van der Waals surface area contributed by atoms with Gasteiger partial charge in [0.15, 0.2) is 11.2 Å². The molecule has 2 aromatic rings. The fourth-order valence-corrected chi connectivity index (χ4v) is 1.96. The fourth-order valence-electron chi connectivity index (χ4n) is 1.96. The summed E-state index contributed by atoms with van der Waals surface area (Å²) >= 11 is 0. The van der Waals surface area contributed by atoms with Gasteiger partial charge in [-0.25, -0.2) is 4.79 Å². The summed E-state index contributed by atoms with van der Waals surface area (Å²) in [5.41, 5.74) is -0.145. The highest BCUT2D eigenvalue weighted by atomic mass is 16.5. The summed E-state index contributed by atoms with van der Waals surface area (Å²) in [5, 5.41) is 0. The molecule has 0 amide bonds. The van der Waals surface area contributed by atoms with Gasteiger partial charge < -0.3 is 4.74 Å². The Bertz CT molecular complexity index is 751. The third-order valence-corrected chi connectivity index (χ3v) is 2.90. The second kappa shape index (κ2) is 4.75. The molecule has 7 heteroatoms. The van der Waals surface area contributed by atoms with E-state index < -0.39 is 11.2 Å². The normalized spacial score (nSPS) is 10.9. The minimum atomic E-state index is -0.413. The molecule has 0 spiro atoms. The summed E-state index contributed by atoms with van der Waals surface area (Å²) in [4.78, 5) is 28.3. The van der Waals surface area contributed by atoms with Crippen LogP contribution in [-0.4, -0.2) is 25.3 Å². The zero-order chi connectivity index (χ0) is 14.2. The van der Waals surface area contributed by atoms with Gasteiger partial charge in [-0.2, -0.15) is 4.98 Å². The molecule has 0 bridgehead atoms. The van der Waals surface area contributed by atoms with E-state index in [1.165, 1.54) is 11.6 Å². The van der Waals surface area contributed by atoms with E-state index in [0.717, 1.165) is 4.57 Å². The van der Waals surface area contributed by atoms with Gasteiger partial charge in [0.25, 0.3) is 11.6 Å². The van der Waals surface area contributed by atoms with Crippen LogP contribution < -0.4 is 16.0 Å². The van der Waals surface area contributed by atoms with Crippen molar-refractivity contribution in [3.05, 3.63) is 33.5 Å². The molecule has 0 unspecified atom stereocenters. The molecule has 2 aromatic heterocycles. The Kier molecular flexibility index (Phi) is 3.28. The number of rotatable bonds is 4. The topological polar surface area (TPSA) is 71.1 Å². The van der Waals surface area contributed by atoms with Crippen LogP contribution in [0.2, 0.25) is 0 Å². The van der Waals surface area contributed by atoms with Gasteiger partial charge in [-0.05, 0) is 6.92 Å². The molecular formula is C12H16N4O3. The summed E-state index contributed by atoms with van der Waals surface area (Å²) < 4.78 is 9.41. The first-order valence-electron chi connectivity index (χ1n) is 5.92. The average molecular weight is 264 g/mol. The molecule has 102 valence electrons. The quantitative estimate of drug-likeness (QED) is 0.730. The van der Waals surface area contributed by atoms with Crippen molar-refractivity contribution < 1.29 is 4.74 Å². The van der Waals surface area contributed by atoms with Crippen LogP contribution in [-0.2, 0) is 20.6 Å². The number of aromatic nitrogens is 4. The summed E-state index contributed by atoms with van der Waals surface area (Å²) in [7, 11) is 3.01. The second-order valence-electron chi connectivity index (χ2n) is 4.10. The van der Waals surface area contributed by atoms with Crippen LogP contribution in [0.5, 0.6) is 6.01 Å². The van der Waals surface area contributed by atoms with Gasteiger partial charge in [0.2, 0.25) is 0 Å². The first-order valence-corrected chi connectivity index (χ1v) is 5.92. The minimum absolute atomic E-state index is 0.315. The van der Waals surface area contributed by atoms with Crippen molar-refractivity contribution in [2.75, 3.05) is 6.61 Å². The molecule has 0 saturated carbocycles. The molecule has 2 rings (SSSR count). The zero-order valence-corrected chi connectivity index (χ0v) is 11.2. The lowest BCUT2D eigenvalue weighted by atomic mass is 10.5. The molecule has 19 heavy (non-hydrogen) atoms. The highest BCUT2D eigenvalue weighted by Gasteiger charge is 2.18. The van der Waals surface area contributed by atoms with E-state index in [2.05, 4.69) is 11.6 Å². The SMILES string of the molecule is C=CCn1c(OCC)nc2c1c(=O)n(C)c(=O)n2C. The van der Waals surface area contributed by atoms with E-state index in [1.54, 1.807) is 17.7 Å². The monoisotopic (exact) mass is 264 g/mol. The maximum Gasteiger partial charge on any atom is 0.332 e. The smallest absolute Gasteiger partial charge is 0.332 e. The molecule has 0 aromatic carbocycles. The second-order valence-corrected chi connectivity index (χ2v) is 4.10. The summed E-state index contributed by atoms with van der Waals surface area (Å²) in [6, 6.07) is 0.315. The molecule has 0 saturated heterocycles. The standard InChI is InChI=1S/C12H16N4O3/c1-5-7-16-8-9(13-11(16)19-6-2)14(3)12(18)15(4)10(8)17/h5H,1,6-7H2,2-4H3. The summed E-state index contributed by atoms with van der Waals surface area (Å²) in [6.07, 6.45) is 1.65. The van der Waals surface area contributed by atoms with E-state index in [0.29, 0.717) is 30.3 Å². The zero-order valence-electron chi connectivity index (χ0n) is 11.2. The molecular weight excluding hydrogens is 248 g/mol. The third-order valence-electron chi connectivity index (χ3n) is 2.90. The number of fused-ring (bicyclic) bond motifs is 1. The van der Waals surface area contributed by atoms with Gasteiger partial charge in [-0.3, -0.25) is 18.5 Å². The molecule has 0 N–H and O–H groups in total. The van der Waals surface area contributed by atoms with Gasteiger partial charge in [0.1, 0.15) is 0 Å². The Morgan fingerprint density at radius 3 is 2.58 bits per heavy atom. The minimum Gasteiger partial charge on any atom is -0.465 e. The van der Waals surface area contributed by atoms with E-state index >= 15 is 0 Å². The Labute approximate surface area is 109 Å². The van der Waals surface area contributed by atoms with Gasteiger partial charge in [-0.15, -0.1) is 6.58 Å². The number of hydrogen-bond donors (Lipinski definition) is 0. The Morgan fingerprint density at radius 2 is 2.00 bits per heavy atom. The van der Waals surface area contributed by atoms with E-state index in [4.69, 9.17) is 4.74 Å². The summed E-state index contributed by atoms with van der Waals surface area (Å²) in [5.74, 6) is 0. The van der Waals surface area contributed by atoms with Gasteiger partial charge in [0.05, 0.1) is 6.61 Å². The molecule has 7 nitrogen and oxygen atoms in total. The first kappa shape index (κ1) is 13.1. The molecule has 2 heterocycles. The van der Waals surface area contributed by atoms with Crippen LogP contribution >= 0.6 is 0 Å². The number of allylic oxidation sites excluding steroid dienone is 1. The first-order chi connectivity index (χ1) is 9.02. The predicted octanol–water partition coefficient (Wildman–Crippen LogP) is 0.0184. The van der Waals surface area contributed by atoms with Crippen molar-refractivity contribution in [2.24, 2.45) is 14.1 Å². The highest BCUT2D eigenvalue weighted by molar-refractivity contribution is 5.72. The van der Waals surface area contributed by atoms with Crippen molar-refractivity contribution in [1.82, 2.24) is 18.7 Å². The maximum absolute atomic E-state index is 12.2. The molecule has 0 aliphatic carbocycles. The highest BCUT2D eigenvalue weighted by Crippen LogP contribution is 2.17. The number of ether oxygens (including phenoxy) is 1. The lowest BCUT2D eigenvalue weighted by molar-refractivity contribution is 0.301. The fraction of sp³-hybridized carbons (Fsp3) is 0.417. The van der Waals surface area contributed by atoms with Crippen LogP contribution in [0.3, 0.4) is 0 Å².